The zero-order chi connectivity index (χ0) is 15.6. The zero-order valence-corrected chi connectivity index (χ0v) is 11.5. The fourth-order valence-electron chi connectivity index (χ4n) is 1.22. The Labute approximate surface area is 114 Å². The quantitative estimate of drug-likeness (QED) is 0.388. The fourth-order valence-corrected chi connectivity index (χ4v) is 2.64. The van der Waals surface area contributed by atoms with E-state index in [1.807, 2.05) is 0 Å². The van der Waals surface area contributed by atoms with Crippen LogP contribution in [0.25, 0.3) is 0 Å². The molecule has 0 aliphatic heterocycles. The molecule has 10 nitrogen and oxygen atoms in total. The molecular formula is C8H10N2O8S2. The normalized spacial score (nSPS) is 12.2. The molecule has 0 unspecified atom stereocenters. The smallest absolute Gasteiger partial charge is 0.337 e. The number of carbonyl (C=O) groups is 1. The van der Waals surface area contributed by atoms with Gasteiger partial charge in [-0.05, 0) is 18.2 Å². The average molecular weight is 326 g/mol. The van der Waals surface area contributed by atoms with Gasteiger partial charge in [-0.1, -0.05) is 9.77 Å². The molecule has 112 valence electrons. The van der Waals surface area contributed by atoms with E-state index in [2.05, 4.69) is 4.74 Å². The number of carbonyl (C=O) groups excluding carboxylic acids is 1. The Morgan fingerprint density at radius 1 is 1.00 bits per heavy atom. The van der Waals surface area contributed by atoms with Crippen molar-refractivity contribution in [2.45, 2.75) is 9.79 Å². The fraction of sp³-hybridized carbons (Fsp3) is 0.125. The zero-order valence-electron chi connectivity index (χ0n) is 9.89. The minimum atomic E-state index is -4.43. The number of rotatable bonds is 5. The Bertz CT molecular complexity index is 673. The summed E-state index contributed by atoms with van der Waals surface area (Å²) in [6.07, 6.45) is 0. The van der Waals surface area contributed by atoms with Crippen molar-refractivity contribution in [1.29, 1.82) is 0 Å². The van der Waals surface area contributed by atoms with Crippen molar-refractivity contribution in [2.24, 2.45) is 0 Å². The molecule has 0 radical (unpaired) electrons. The third kappa shape index (κ3) is 3.30. The summed E-state index contributed by atoms with van der Waals surface area (Å²) in [7, 11) is -7.85. The van der Waals surface area contributed by atoms with Gasteiger partial charge < -0.3 is 15.2 Å². The lowest BCUT2D eigenvalue weighted by atomic mass is 10.2. The summed E-state index contributed by atoms with van der Waals surface area (Å²) < 4.78 is 50.1. The van der Waals surface area contributed by atoms with Crippen LogP contribution in [0.2, 0.25) is 0 Å². The number of methoxy groups -OCH3 is 1. The molecule has 1 aromatic carbocycles. The summed E-state index contributed by atoms with van der Waals surface area (Å²) in [5.41, 5.74) is -0.405. The lowest BCUT2D eigenvalue weighted by Crippen LogP contribution is -2.23. The summed E-state index contributed by atoms with van der Waals surface area (Å²) in [5.74, 6) is -1.01. The van der Waals surface area contributed by atoms with Crippen LogP contribution in [0.4, 0.5) is 0 Å². The van der Waals surface area contributed by atoms with Gasteiger partial charge in [0, 0.05) is 0 Å². The van der Waals surface area contributed by atoms with Gasteiger partial charge >= 0.3 is 5.97 Å². The van der Waals surface area contributed by atoms with E-state index in [1.165, 1.54) is 0 Å². The predicted octanol–water partition coefficient (Wildman–Crippen LogP) is -1.19. The molecule has 0 aromatic heterocycles. The van der Waals surface area contributed by atoms with Crippen LogP contribution in [0.1, 0.15) is 10.4 Å². The third-order valence-corrected chi connectivity index (χ3v) is 4.36. The van der Waals surface area contributed by atoms with Crippen molar-refractivity contribution in [3.05, 3.63) is 23.8 Å². The molecule has 0 aliphatic carbocycles. The van der Waals surface area contributed by atoms with E-state index in [4.69, 9.17) is 10.4 Å². The summed E-state index contributed by atoms with van der Waals surface area (Å²) in [4.78, 5) is 11.9. The van der Waals surface area contributed by atoms with E-state index in [1.54, 1.807) is 0 Å². The van der Waals surface area contributed by atoms with Crippen LogP contribution >= 0.6 is 0 Å². The maximum Gasteiger partial charge on any atom is 0.337 e. The van der Waals surface area contributed by atoms with Gasteiger partial charge in [0.15, 0.2) is 0 Å². The van der Waals surface area contributed by atoms with Gasteiger partial charge in [-0.3, -0.25) is 0 Å². The van der Waals surface area contributed by atoms with Crippen molar-refractivity contribution in [3.63, 3.8) is 0 Å². The van der Waals surface area contributed by atoms with Gasteiger partial charge in [-0.2, -0.15) is 0 Å². The lowest BCUT2D eigenvalue weighted by molar-refractivity contribution is 0.0600. The molecule has 4 N–H and O–H groups in total. The molecule has 0 saturated heterocycles. The van der Waals surface area contributed by atoms with Gasteiger partial charge in [0.25, 0.3) is 20.0 Å². The summed E-state index contributed by atoms with van der Waals surface area (Å²) in [5, 5.41) is 17.0. The van der Waals surface area contributed by atoms with Crippen LogP contribution in [-0.4, -0.2) is 40.3 Å². The first-order valence-electron chi connectivity index (χ1n) is 4.73. The standard InChI is InChI=1S/C8H10N2O8S2/c1-18-8(11)5-2-6(19(14,15)9-12)4-7(3-5)20(16,17)10-13/h2-4,9-10,12-13H,1H3. The molecule has 0 spiro atoms. The molecule has 0 saturated carbocycles. The number of hydrogen-bond acceptors (Lipinski definition) is 8. The molecule has 20 heavy (non-hydrogen) atoms. The molecular weight excluding hydrogens is 316 g/mol. The van der Waals surface area contributed by atoms with Crippen molar-refractivity contribution in [1.82, 2.24) is 9.77 Å². The highest BCUT2D eigenvalue weighted by molar-refractivity contribution is 7.90. The highest BCUT2D eigenvalue weighted by Gasteiger charge is 2.22. The van der Waals surface area contributed by atoms with Gasteiger partial charge in [-0.15, -0.1) is 0 Å². The number of ether oxygens (including phenoxy) is 1. The first-order chi connectivity index (χ1) is 9.17. The Hall–Kier alpha value is -1.57. The van der Waals surface area contributed by atoms with Gasteiger partial charge in [0.2, 0.25) is 0 Å². The molecule has 0 fully saturated rings. The molecule has 0 aliphatic rings. The average Bonchev–Trinajstić information content (AvgIpc) is 2.45. The van der Waals surface area contributed by atoms with E-state index >= 15 is 0 Å². The number of hydrogen-bond donors (Lipinski definition) is 4. The summed E-state index contributed by atoms with van der Waals surface area (Å²) in [6, 6.07) is 2.21. The van der Waals surface area contributed by atoms with Gasteiger partial charge in [0.1, 0.15) is 0 Å². The molecule has 0 heterocycles. The van der Waals surface area contributed by atoms with Crippen LogP contribution in [0.15, 0.2) is 28.0 Å². The third-order valence-electron chi connectivity index (χ3n) is 2.16. The molecule has 12 heteroatoms. The summed E-state index contributed by atoms with van der Waals surface area (Å²) >= 11 is 0. The largest absolute Gasteiger partial charge is 0.465 e. The predicted molar refractivity (Wildman–Crippen MR) is 62.0 cm³/mol. The number of nitrogens with one attached hydrogen (secondary N) is 2. The Morgan fingerprint density at radius 3 is 1.70 bits per heavy atom. The summed E-state index contributed by atoms with van der Waals surface area (Å²) in [6.45, 7) is 0. The molecule has 0 atom stereocenters. The Morgan fingerprint density at radius 2 is 1.40 bits per heavy atom. The van der Waals surface area contributed by atoms with Crippen LogP contribution < -0.4 is 9.77 Å². The maximum absolute atomic E-state index is 11.4. The van der Waals surface area contributed by atoms with E-state index in [0.717, 1.165) is 29.0 Å². The molecule has 0 amide bonds. The van der Waals surface area contributed by atoms with Crippen molar-refractivity contribution < 1.29 is 36.8 Å². The van der Waals surface area contributed by atoms with Crippen molar-refractivity contribution in [3.8, 4) is 0 Å². The van der Waals surface area contributed by atoms with Crippen LogP contribution in [-0.2, 0) is 24.8 Å². The number of benzene rings is 1. The van der Waals surface area contributed by atoms with Crippen LogP contribution in [0, 0.1) is 0 Å². The highest BCUT2D eigenvalue weighted by atomic mass is 32.2. The maximum atomic E-state index is 11.4. The van der Waals surface area contributed by atoms with Crippen molar-refractivity contribution >= 4 is 26.0 Å². The van der Waals surface area contributed by atoms with E-state index in [0.29, 0.717) is 6.07 Å². The molecule has 1 aromatic rings. The van der Waals surface area contributed by atoms with E-state index < -0.39 is 41.4 Å². The topological polar surface area (TPSA) is 159 Å². The highest BCUT2D eigenvalue weighted by Crippen LogP contribution is 2.19. The SMILES string of the molecule is COC(=O)c1cc(S(=O)(=O)NO)cc(S(=O)(=O)NO)c1. The second-order valence-electron chi connectivity index (χ2n) is 3.37. The second kappa shape index (κ2) is 5.82. The van der Waals surface area contributed by atoms with E-state index in [9.17, 15) is 21.6 Å². The van der Waals surface area contributed by atoms with Gasteiger partial charge in [0.05, 0.1) is 22.5 Å². The lowest BCUT2D eigenvalue weighted by Gasteiger charge is -2.08. The molecule has 0 bridgehead atoms. The Kier molecular flexibility index (Phi) is 4.80. The van der Waals surface area contributed by atoms with E-state index in [-0.39, 0.29) is 0 Å². The van der Waals surface area contributed by atoms with Gasteiger partial charge in [-0.25, -0.2) is 21.6 Å². The first-order valence-corrected chi connectivity index (χ1v) is 7.70. The first kappa shape index (κ1) is 16.5. The Balaban J connectivity index is 3.65. The van der Waals surface area contributed by atoms with Crippen LogP contribution in [0.3, 0.4) is 0 Å². The number of sulfonamides is 2. The minimum Gasteiger partial charge on any atom is -0.465 e. The minimum absolute atomic E-state index is 0.405. The van der Waals surface area contributed by atoms with Crippen LogP contribution in [0.5, 0.6) is 0 Å². The second-order valence-corrected chi connectivity index (χ2v) is 6.70. The van der Waals surface area contributed by atoms with Crippen molar-refractivity contribution in [2.75, 3.05) is 7.11 Å². The molecule has 1 rings (SSSR count). The number of esters is 1. The monoisotopic (exact) mass is 326 g/mol.